The Hall–Kier alpha value is -0.900. The molecule has 0 fully saturated rings. The molecule has 0 spiro atoms. The molecule has 0 rings (SSSR count). The summed E-state index contributed by atoms with van der Waals surface area (Å²) in [6.07, 6.45) is 9.57. The number of nitrogens with one attached hydrogen (secondary N) is 1. The van der Waals surface area contributed by atoms with Crippen molar-refractivity contribution in [3.05, 3.63) is 0 Å². The van der Waals surface area contributed by atoms with Gasteiger partial charge in [0.1, 0.15) is 17.9 Å². The molecule has 0 bridgehead atoms. The van der Waals surface area contributed by atoms with Gasteiger partial charge in [0.15, 0.2) is 0 Å². The van der Waals surface area contributed by atoms with E-state index in [1.807, 2.05) is 20.8 Å². The van der Waals surface area contributed by atoms with Crippen LogP contribution < -0.4 is 5.32 Å². The lowest BCUT2D eigenvalue weighted by Gasteiger charge is -2.23. The predicted molar refractivity (Wildman–Crippen MR) is 86.3 cm³/mol. The first-order chi connectivity index (χ1) is 9.90. The van der Waals surface area contributed by atoms with Gasteiger partial charge in [-0.2, -0.15) is 0 Å². The molecule has 1 atom stereocenters. The molecule has 0 amide bonds. The normalized spacial score (nSPS) is 13.0. The lowest BCUT2D eigenvalue weighted by Crippen LogP contribution is -2.42. The molecule has 0 aromatic heterocycles. The predicted octanol–water partition coefficient (Wildman–Crippen LogP) is 3.63. The van der Waals surface area contributed by atoms with E-state index >= 15 is 0 Å². The summed E-state index contributed by atoms with van der Waals surface area (Å²) in [6, 6.07) is -0.512. The number of hydrogen-bond donors (Lipinski definition) is 1. The molecule has 1 N–H and O–H groups in total. The summed E-state index contributed by atoms with van der Waals surface area (Å²) >= 11 is 0. The summed E-state index contributed by atoms with van der Waals surface area (Å²) in [5, 5.41) is 3.14. The van der Waals surface area contributed by atoms with Crippen LogP contribution in [0.4, 0.5) is 0 Å². The highest BCUT2D eigenvalue weighted by atomic mass is 16.6. The maximum absolute atomic E-state index is 11.9. The number of aldehydes is 1. The first-order valence-electron chi connectivity index (χ1n) is 8.30. The molecule has 0 aromatic rings. The van der Waals surface area contributed by atoms with Crippen molar-refractivity contribution in [2.45, 2.75) is 90.7 Å². The van der Waals surface area contributed by atoms with Gasteiger partial charge in [0.05, 0.1) is 0 Å². The van der Waals surface area contributed by atoms with Crippen LogP contribution in [-0.2, 0) is 14.3 Å². The summed E-state index contributed by atoms with van der Waals surface area (Å²) in [7, 11) is 0. The van der Waals surface area contributed by atoms with Gasteiger partial charge in [-0.15, -0.1) is 0 Å². The molecule has 0 aromatic carbocycles. The fourth-order valence-electron chi connectivity index (χ4n) is 2.09. The van der Waals surface area contributed by atoms with Crippen molar-refractivity contribution in [3.63, 3.8) is 0 Å². The SMILES string of the molecule is CCCCCCCCCNC(CC=O)C(=O)OC(C)(C)C. The fraction of sp³-hybridized carbons (Fsp3) is 0.882. The minimum absolute atomic E-state index is 0.172. The minimum atomic E-state index is -0.515. The zero-order valence-electron chi connectivity index (χ0n) is 14.2. The van der Waals surface area contributed by atoms with E-state index in [4.69, 9.17) is 4.74 Å². The second kappa shape index (κ2) is 11.7. The van der Waals surface area contributed by atoms with Crippen LogP contribution in [0.25, 0.3) is 0 Å². The molecular weight excluding hydrogens is 266 g/mol. The van der Waals surface area contributed by atoms with E-state index in [0.29, 0.717) is 0 Å². The highest BCUT2D eigenvalue weighted by Crippen LogP contribution is 2.10. The number of carbonyl (C=O) groups excluding carboxylic acids is 2. The van der Waals surface area contributed by atoms with Gasteiger partial charge in [-0.25, -0.2) is 0 Å². The molecule has 0 aliphatic rings. The first kappa shape index (κ1) is 20.1. The third kappa shape index (κ3) is 12.5. The van der Waals surface area contributed by atoms with Crippen molar-refractivity contribution in [2.75, 3.05) is 6.54 Å². The largest absolute Gasteiger partial charge is 0.459 e. The lowest BCUT2D eigenvalue weighted by atomic mass is 10.1. The summed E-state index contributed by atoms with van der Waals surface area (Å²) in [4.78, 5) is 22.6. The molecule has 4 nitrogen and oxygen atoms in total. The van der Waals surface area contributed by atoms with Gasteiger partial charge in [-0.1, -0.05) is 45.4 Å². The second-order valence-electron chi connectivity index (χ2n) is 6.56. The van der Waals surface area contributed by atoms with Crippen molar-refractivity contribution in [1.29, 1.82) is 0 Å². The Balaban J connectivity index is 3.84. The molecule has 1 unspecified atom stereocenters. The van der Waals surface area contributed by atoms with E-state index in [1.165, 1.54) is 38.5 Å². The number of carbonyl (C=O) groups is 2. The summed E-state index contributed by atoms with van der Waals surface area (Å²) in [5.74, 6) is -0.336. The van der Waals surface area contributed by atoms with E-state index in [2.05, 4.69) is 12.2 Å². The molecule has 124 valence electrons. The average Bonchev–Trinajstić information content (AvgIpc) is 2.38. The van der Waals surface area contributed by atoms with Gasteiger partial charge in [-0.05, 0) is 33.7 Å². The molecule has 0 saturated carbocycles. The molecular formula is C17H33NO3. The van der Waals surface area contributed by atoms with Crippen molar-refractivity contribution in [3.8, 4) is 0 Å². The molecule has 0 heterocycles. The summed E-state index contributed by atoms with van der Waals surface area (Å²) < 4.78 is 5.31. The van der Waals surface area contributed by atoms with Gasteiger partial charge in [-0.3, -0.25) is 4.79 Å². The van der Waals surface area contributed by atoms with Crippen LogP contribution in [0.5, 0.6) is 0 Å². The fourth-order valence-corrected chi connectivity index (χ4v) is 2.09. The Bertz CT molecular complexity index is 284. The monoisotopic (exact) mass is 299 g/mol. The Kier molecular flexibility index (Phi) is 11.2. The summed E-state index contributed by atoms with van der Waals surface area (Å²) in [5.41, 5.74) is -0.515. The van der Waals surface area contributed by atoms with Gasteiger partial charge < -0.3 is 14.8 Å². The quantitative estimate of drug-likeness (QED) is 0.340. The molecule has 0 aliphatic heterocycles. The lowest BCUT2D eigenvalue weighted by molar-refractivity contribution is -0.158. The average molecular weight is 299 g/mol. The number of esters is 1. The minimum Gasteiger partial charge on any atom is -0.459 e. The van der Waals surface area contributed by atoms with Crippen LogP contribution >= 0.6 is 0 Å². The molecule has 0 aliphatic carbocycles. The second-order valence-corrected chi connectivity index (χ2v) is 6.56. The number of ether oxygens (including phenoxy) is 1. The molecule has 0 radical (unpaired) electrons. The summed E-state index contributed by atoms with van der Waals surface area (Å²) in [6.45, 7) is 8.47. The maximum Gasteiger partial charge on any atom is 0.324 e. The third-order valence-corrected chi connectivity index (χ3v) is 3.19. The number of unbranched alkanes of at least 4 members (excludes halogenated alkanes) is 6. The Morgan fingerprint density at radius 1 is 1.10 bits per heavy atom. The first-order valence-corrected chi connectivity index (χ1v) is 8.30. The van der Waals surface area contributed by atoms with Gasteiger partial charge in [0.2, 0.25) is 0 Å². The smallest absolute Gasteiger partial charge is 0.324 e. The van der Waals surface area contributed by atoms with Crippen molar-refractivity contribution >= 4 is 12.3 Å². The Morgan fingerprint density at radius 2 is 1.67 bits per heavy atom. The zero-order valence-corrected chi connectivity index (χ0v) is 14.2. The zero-order chi connectivity index (χ0) is 16.1. The highest BCUT2D eigenvalue weighted by Gasteiger charge is 2.24. The van der Waals surface area contributed by atoms with E-state index in [0.717, 1.165) is 19.3 Å². The van der Waals surface area contributed by atoms with Crippen molar-refractivity contribution < 1.29 is 14.3 Å². The van der Waals surface area contributed by atoms with Crippen molar-refractivity contribution in [1.82, 2.24) is 5.32 Å². The molecule has 0 saturated heterocycles. The van der Waals surface area contributed by atoms with Crippen LogP contribution in [0.15, 0.2) is 0 Å². The van der Waals surface area contributed by atoms with Crippen LogP contribution in [0.3, 0.4) is 0 Å². The van der Waals surface area contributed by atoms with Crippen LogP contribution in [0, 0.1) is 0 Å². The van der Waals surface area contributed by atoms with E-state index in [1.54, 1.807) is 0 Å². The molecule has 21 heavy (non-hydrogen) atoms. The van der Waals surface area contributed by atoms with E-state index in [9.17, 15) is 9.59 Å². The Morgan fingerprint density at radius 3 is 2.19 bits per heavy atom. The topological polar surface area (TPSA) is 55.4 Å². The highest BCUT2D eigenvalue weighted by molar-refractivity contribution is 5.79. The van der Waals surface area contributed by atoms with Crippen LogP contribution in [0.1, 0.15) is 79.1 Å². The standard InChI is InChI=1S/C17H33NO3/c1-5-6-7-8-9-10-11-13-18-15(12-14-19)16(20)21-17(2,3)4/h14-15,18H,5-13H2,1-4H3. The third-order valence-electron chi connectivity index (χ3n) is 3.19. The van der Waals surface area contributed by atoms with E-state index < -0.39 is 11.6 Å². The van der Waals surface area contributed by atoms with Gasteiger partial charge >= 0.3 is 5.97 Å². The van der Waals surface area contributed by atoms with Crippen LogP contribution in [0.2, 0.25) is 0 Å². The maximum atomic E-state index is 11.9. The van der Waals surface area contributed by atoms with Crippen LogP contribution in [-0.4, -0.2) is 30.4 Å². The van der Waals surface area contributed by atoms with Gasteiger partial charge in [0, 0.05) is 6.42 Å². The number of hydrogen-bond acceptors (Lipinski definition) is 4. The molecule has 4 heteroatoms. The van der Waals surface area contributed by atoms with Gasteiger partial charge in [0.25, 0.3) is 0 Å². The van der Waals surface area contributed by atoms with Crippen molar-refractivity contribution in [2.24, 2.45) is 0 Å². The Labute approximate surface area is 130 Å². The van der Waals surface area contributed by atoms with E-state index in [-0.39, 0.29) is 12.4 Å². The number of rotatable bonds is 12.